The molecule has 1 aromatic carbocycles. The summed E-state index contributed by atoms with van der Waals surface area (Å²) in [6.45, 7) is 4.03. The van der Waals surface area contributed by atoms with Crippen LogP contribution in [0.4, 0.5) is 0 Å². The lowest BCUT2D eigenvalue weighted by molar-refractivity contribution is 0.990. The number of hydrogen-bond donors (Lipinski definition) is 0. The Hall–Kier alpha value is -2.27. The number of fused-ring (bicyclic) bond motifs is 3. The lowest BCUT2D eigenvalue weighted by Gasteiger charge is -2.01. The fraction of sp³-hybridized carbons (Fsp3) is 0.133. The van der Waals surface area contributed by atoms with E-state index in [2.05, 4.69) is 51.8 Å². The molecule has 0 N–H and O–H groups in total. The fourth-order valence-corrected chi connectivity index (χ4v) is 3.30. The van der Waals surface area contributed by atoms with Crippen molar-refractivity contribution in [3.8, 4) is 11.1 Å². The summed E-state index contributed by atoms with van der Waals surface area (Å²) in [7, 11) is 0. The highest BCUT2D eigenvalue weighted by Crippen LogP contribution is 2.35. The van der Waals surface area contributed by atoms with Gasteiger partial charge in [-0.15, -0.1) is 21.5 Å². The van der Waals surface area contributed by atoms with Crippen LogP contribution in [0.25, 0.3) is 27.0 Å². The largest absolute Gasteiger partial charge is 0.269 e. The molecule has 0 aliphatic heterocycles. The van der Waals surface area contributed by atoms with Crippen LogP contribution >= 0.6 is 11.3 Å². The molecule has 0 radical (unpaired) electrons. The predicted molar refractivity (Wildman–Crippen MR) is 81.1 cm³/mol. The lowest BCUT2D eigenvalue weighted by Crippen LogP contribution is -1.90. The van der Waals surface area contributed by atoms with E-state index in [1.165, 1.54) is 16.7 Å². The molecule has 0 aliphatic carbocycles. The summed E-state index contributed by atoms with van der Waals surface area (Å²) >= 11 is 1.64. The van der Waals surface area contributed by atoms with Crippen LogP contribution in [0.3, 0.4) is 0 Å². The molecule has 0 amide bonds. The standard InChI is InChI=1S/C15H12N4S/c1-9-3-5-11(6-4-9)12-7-20-15-13(12)14-18-17-10(2)19(14)8-16-15/h3-8H,1-2H3. The molecule has 0 spiro atoms. The van der Waals surface area contributed by atoms with Gasteiger partial charge in [0.25, 0.3) is 0 Å². The molecule has 5 heteroatoms. The van der Waals surface area contributed by atoms with E-state index < -0.39 is 0 Å². The summed E-state index contributed by atoms with van der Waals surface area (Å²) in [4.78, 5) is 5.51. The van der Waals surface area contributed by atoms with Crippen LogP contribution in [-0.2, 0) is 0 Å². The minimum atomic E-state index is 0.857. The Kier molecular flexibility index (Phi) is 2.37. The second kappa shape index (κ2) is 4.11. The third-order valence-electron chi connectivity index (χ3n) is 3.51. The molecule has 0 unspecified atom stereocenters. The normalized spacial score (nSPS) is 11.5. The van der Waals surface area contributed by atoms with Crippen molar-refractivity contribution in [2.45, 2.75) is 13.8 Å². The van der Waals surface area contributed by atoms with Crippen molar-refractivity contribution < 1.29 is 0 Å². The van der Waals surface area contributed by atoms with Crippen molar-refractivity contribution in [2.75, 3.05) is 0 Å². The van der Waals surface area contributed by atoms with Crippen LogP contribution < -0.4 is 0 Å². The average molecular weight is 280 g/mol. The quantitative estimate of drug-likeness (QED) is 0.535. The summed E-state index contributed by atoms with van der Waals surface area (Å²) in [6.07, 6.45) is 1.79. The summed E-state index contributed by atoms with van der Waals surface area (Å²) in [5.41, 5.74) is 4.51. The van der Waals surface area contributed by atoms with Crippen molar-refractivity contribution in [3.63, 3.8) is 0 Å². The van der Waals surface area contributed by atoms with E-state index in [1.54, 1.807) is 17.7 Å². The Bertz CT molecular complexity index is 918. The molecule has 0 saturated carbocycles. The van der Waals surface area contributed by atoms with Crippen molar-refractivity contribution in [3.05, 3.63) is 47.4 Å². The first-order valence-electron chi connectivity index (χ1n) is 6.38. The van der Waals surface area contributed by atoms with E-state index in [-0.39, 0.29) is 0 Å². The van der Waals surface area contributed by atoms with Gasteiger partial charge in [-0.1, -0.05) is 29.8 Å². The first kappa shape index (κ1) is 11.5. The van der Waals surface area contributed by atoms with Gasteiger partial charge in [0.15, 0.2) is 5.65 Å². The van der Waals surface area contributed by atoms with Gasteiger partial charge in [-0.05, 0) is 19.4 Å². The molecule has 0 saturated heterocycles. The molecule has 0 bridgehead atoms. The Morgan fingerprint density at radius 1 is 1.05 bits per heavy atom. The molecule has 0 atom stereocenters. The molecule has 4 rings (SSSR count). The Balaban J connectivity index is 2.09. The molecule has 98 valence electrons. The minimum absolute atomic E-state index is 0.857. The van der Waals surface area contributed by atoms with Gasteiger partial charge in [-0.25, -0.2) is 4.98 Å². The van der Waals surface area contributed by atoms with E-state index in [9.17, 15) is 0 Å². The SMILES string of the molecule is Cc1ccc(-c2csc3ncn4c(C)nnc4c23)cc1. The summed E-state index contributed by atoms with van der Waals surface area (Å²) in [6, 6.07) is 8.54. The highest BCUT2D eigenvalue weighted by atomic mass is 32.1. The highest BCUT2D eigenvalue weighted by molar-refractivity contribution is 7.17. The van der Waals surface area contributed by atoms with Gasteiger partial charge in [-0.3, -0.25) is 4.40 Å². The monoisotopic (exact) mass is 280 g/mol. The van der Waals surface area contributed by atoms with Gasteiger partial charge in [0, 0.05) is 10.9 Å². The zero-order valence-electron chi connectivity index (χ0n) is 11.2. The van der Waals surface area contributed by atoms with Crippen molar-refractivity contribution in [1.82, 2.24) is 19.6 Å². The number of nitrogens with zero attached hydrogens (tertiary/aromatic N) is 4. The highest BCUT2D eigenvalue weighted by Gasteiger charge is 2.14. The maximum Gasteiger partial charge on any atom is 0.173 e. The second-order valence-corrected chi connectivity index (χ2v) is 5.74. The number of hydrogen-bond acceptors (Lipinski definition) is 4. The smallest absolute Gasteiger partial charge is 0.173 e. The first-order valence-corrected chi connectivity index (χ1v) is 7.26. The van der Waals surface area contributed by atoms with Crippen molar-refractivity contribution >= 4 is 27.2 Å². The van der Waals surface area contributed by atoms with Crippen molar-refractivity contribution in [1.29, 1.82) is 0 Å². The number of thiophene rings is 1. The van der Waals surface area contributed by atoms with Crippen LogP contribution in [0.1, 0.15) is 11.4 Å². The van der Waals surface area contributed by atoms with Gasteiger partial charge in [0.05, 0.1) is 5.39 Å². The molecule has 3 aromatic heterocycles. The van der Waals surface area contributed by atoms with Crippen LogP contribution in [0.15, 0.2) is 36.0 Å². The van der Waals surface area contributed by atoms with E-state index in [4.69, 9.17) is 0 Å². The molecule has 3 heterocycles. The topological polar surface area (TPSA) is 43.1 Å². The molecule has 4 aromatic rings. The molecule has 0 fully saturated rings. The zero-order chi connectivity index (χ0) is 13.7. The third-order valence-corrected chi connectivity index (χ3v) is 4.40. The minimum Gasteiger partial charge on any atom is -0.269 e. The fourth-order valence-electron chi connectivity index (χ4n) is 2.39. The van der Waals surface area contributed by atoms with Gasteiger partial charge in [0.2, 0.25) is 0 Å². The molecule has 0 aliphatic rings. The summed E-state index contributed by atoms with van der Waals surface area (Å²) < 4.78 is 1.94. The van der Waals surface area contributed by atoms with E-state index >= 15 is 0 Å². The number of rotatable bonds is 1. The average Bonchev–Trinajstić information content (AvgIpc) is 3.04. The predicted octanol–water partition coefficient (Wildman–Crippen LogP) is 3.62. The van der Waals surface area contributed by atoms with Crippen LogP contribution in [0.5, 0.6) is 0 Å². The number of benzene rings is 1. The van der Waals surface area contributed by atoms with Crippen molar-refractivity contribution in [2.24, 2.45) is 0 Å². The molecular weight excluding hydrogens is 268 g/mol. The first-order chi connectivity index (χ1) is 9.74. The Labute approximate surface area is 119 Å². The number of aryl methyl sites for hydroxylation is 2. The van der Waals surface area contributed by atoms with E-state index in [1.807, 2.05) is 11.3 Å². The lowest BCUT2D eigenvalue weighted by atomic mass is 10.0. The number of aromatic nitrogens is 4. The van der Waals surface area contributed by atoms with Gasteiger partial charge in [-0.2, -0.15) is 0 Å². The van der Waals surface area contributed by atoms with Crippen LogP contribution in [0.2, 0.25) is 0 Å². The van der Waals surface area contributed by atoms with Crippen LogP contribution in [0, 0.1) is 13.8 Å². The molecule has 4 nitrogen and oxygen atoms in total. The third kappa shape index (κ3) is 1.56. The van der Waals surface area contributed by atoms with Gasteiger partial charge < -0.3 is 0 Å². The summed E-state index contributed by atoms with van der Waals surface area (Å²) in [5.74, 6) is 0.857. The van der Waals surface area contributed by atoms with Gasteiger partial charge >= 0.3 is 0 Å². The van der Waals surface area contributed by atoms with Crippen LogP contribution in [-0.4, -0.2) is 19.6 Å². The summed E-state index contributed by atoms with van der Waals surface area (Å²) in [5, 5.41) is 11.7. The van der Waals surface area contributed by atoms with Gasteiger partial charge in [0.1, 0.15) is 17.0 Å². The zero-order valence-corrected chi connectivity index (χ0v) is 12.0. The molecular formula is C15H12N4S. The molecule has 20 heavy (non-hydrogen) atoms. The van der Waals surface area contributed by atoms with E-state index in [0.29, 0.717) is 0 Å². The maximum atomic E-state index is 4.51. The maximum absolute atomic E-state index is 4.51. The Morgan fingerprint density at radius 3 is 2.65 bits per heavy atom. The second-order valence-electron chi connectivity index (χ2n) is 4.88. The van der Waals surface area contributed by atoms with E-state index in [0.717, 1.165) is 21.7 Å². The Morgan fingerprint density at radius 2 is 1.85 bits per heavy atom.